The van der Waals surface area contributed by atoms with Crippen molar-refractivity contribution in [1.29, 1.82) is 0 Å². The van der Waals surface area contributed by atoms with Gasteiger partial charge in [-0.1, -0.05) is 34.1 Å². The predicted molar refractivity (Wildman–Crippen MR) is 152 cm³/mol. The molecule has 0 bridgehead atoms. The van der Waals surface area contributed by atoms with Crippen molar-refractivity contribution in [3.05, 3.63) is 11.6 Å². The third kappa shape index (κ3) is 5.39. The Balaban J connectivity index is 1.44. The molecule has 42 heavy (non-hydrogen) atoms. The lowest BCUT2D eigenvalue weighted by molar-refractivity contribution is -0.217. The van der Waals surface area contributed by atoms with Crippen molar-refractivity contribution in [2.24, 2.45) is 34.0 Å². The maximum Gasteiger partial charge on any atom is 0.334 e. The van der Waals surface area contributed by atoms with Gasteiger partial charge in [0, 0.05) is 25.5 Å². The van der Waals surface area contributed by atoms with Gasteiger partial charge in [-0.15, -0.1) is 0 Å². The van der Waals surface area contributed by atoms with Crippen LogP contribution in [-0.4, -0.2) is 54.6 Å². The highest BCUT2D eigenvalue weighted by molar-refractivity contribution is 5.86. The van der Waals surface area contributed by atoms with E-state index in [1.54, 1.807) is 6.92 Å². The minimum Gasteiger partial charge on any atom is -0.462 e. The van der Waals surface area contributed by atoms with Crippen molar-refractivity contribution in [2.45, 2.75) is 130 Å². The second kappa shape index (κ2) is 10.9. The van der Waals surface area contributed by atoms with Crippen molar-refractivity contribution in [2.75, 3.05) is 6.61 Å². The molecule has 2 heterocycles. The molecule has 0 spiro atoms. The molecule has 2 aliphatic heterocycles. The Morgan fingerprint density at radius 2 is 1.64 bits per heavy atom. The number of cyclic esters (lactones) is 1. The Labute approximate surface area is 249 Å². The number of hydrogen-bond acceptors (Lipinski definition) is 9. The number of ether oxygens (including phenoxy) is 5. The molecule has 9 nitrogen and oxygen atoms in total. The van der Waals surface area contributed by atoms with Crippen LogP contribution in [0.2, 0.25) is 0 Å². The number of hydrogen-bond donors (Lipinski definition) is 0. The van der Waals surface area contributed by atoms with Crippen molar-refractivity contribution < 1.29 is 42.9 Å². The van der Waals surface area contributed by atoms with Crippen molar-refractivity contribution in [3.8, 4) is 0 Å². The molecule has 5 aliphatic rings. The lowest BCUT2D eigenvalue weighted by Gasteiger charge is -2.67. The SMILES string of the molecule is CC(=O)OC(C)CC(=O)OCC12CCC3C4(C)CCCC(C)(C)C4CCC3(C)C1CC(C1=CC(=O)OC1OC(C)=O)O2. The van der Waals surface area contributed by atoms with Gasteiger partial charge in [-0.05, 0) is 85.9 Å². The maximum absolute atomic E-state index is 12.9. The zero-order valence-corrected chi connectivity index (χ0v) is 26.3. The summed E-state index contributed by atoms with van der Waals surface area (Å²) in [5, 5.41) is 0. The standard InChI is InChI=1S/C33H48O9/c1-19(39-20(2)34)15-27(36)38-18-33-14-10-25-31(6)12-8-11-30(4,5)24(31)9-13-32(25,7)26(33)17-23(42-33)22-16-28(37)41-29(22)40-21(3)35/h16,19,23-26,29H,8-15,17-18H2,1-7H3. The number of carbonyl (C=O) groups excluding carboxylic acids is 4. The molecule has 3 saturated carbocycles. The first kappa shape index (κ1) is 31.0. The second-order valence-corrected chi connectivity index (χ2v) is 14.8. The predicted octanol–water partition coefficient (Wildman–Crippen LogP) is 5.43. The van der Waals surface area contributed by atoms with Gasteiger partial charge in [0.25, 0.3) is 6.29 Å². The fraction of sp³-hybridized carbons (Fsp3) is 0.818. The molecule has 0 aromatic carbocycles. The van der Waals surface area contributed by atoms with Gasteiger partial charge in [-0.2, -0.15) is 0 Å². The van der Waals surface area contributed by atoms with Gasteiger partial charge in [-0.3, -0.25) is 14.4 Å². The molecular formula is C33H48O9. The van der Waals surface area contributed by atoms with Gasteiger partial charge in [0.05, 0.1) is 12.5 Å². The first-order valence-corrected chi connectivity index (χ1v) is 15.7. The smallest absolute Gasteiger partial charge is 0.334 e. The summed E-state index contributed by atoms with van der Waals surface area (Å²) in [5.74, 6) is -0.790. The number of rotatable bonds is 7. The Kier molecular flexibility index (Phi) is 8.08. The summed E-state index contributed by atoms with van der Waals surface area (Å²) < 4.78 is 28.6. The minimum absolute atomic E-state index is 0.0412. The molecule has 234 valence electrons. The fourth-order valence-electron chi connectivity index (χ4n) is 10.2. The molecule has 0 amide bonds. The molecule has 0 aromatic rings. The van der Waals surface area contributed by atoms with Crippen molar-refractivity contribution in [1.82, 2.24) is 0 Å². The highest BCUT2D eigenvalue weighted by Gasteiger charge is 2.68. The molecular weight excluding hydrogens is 540 g/mol. The van der Waals surface area contributed by atoms with E-state index in [1.165, 1.54) is 39.2 Å². The molecule has 9 heteroatoms. The molecule has 0 N–H and O–H groups in total. The largest absolute Gasteiger partial charge is 0.462 e. The van der Waals surface area contributed by atoms with E-state index in [1.807, 2.05) is 0 Å². The molecule has 4 fully saturated rings. The third-order valence-corrected chi connectivity index (χ3v) is 11.7. The number of esters is 4. The van der Waals surface area contributed by atoms with E-state index >= 15 is 0 Å². The van der Waals surface area contributed by atoms with Crippen LogP contribution in [0.15, 0.2) is 11.6 Å². The summed E-state index contributed by atoms with van der Waals surface area (Å²) in [4.78, 5) is 48.3. The van der Waals surface area contributed by atoms with Gasteiger partial charge >= 0.3 is 23.9 Å². The zero-order valence-electron chi connectivity index (χ0n) is 26.3. The maximum atomic E-state index is 12.9. The average molecular weight is 589 g/mol. The van der Waals surface area contributed by atoms with Crippen LogP contribution in [0.4, 0.5) is 0 Å². The highest BCUT2D eigenvalue weighted by Crippen LogP contribution is 2.71. The van der Waals surface area contributed by atoms with Crippen LogP contribution in [0.25, 0.3) is 0 Å². The van der Waals surface area contributed by atoms with E-state index in [-0.39, 0.29) is 29.8 Å². The second-order valence-electron chi connectivity index (χ2n) is 14.8. The van der Waals surface area contributed by atoms with Crippen LogP contribution in [0.5, 0.6) is 0 Å². The summed E-state index contributed by atoms with van der Waals surface area (Å²) in [7, 11) is 0. The quantitative estimate of drug-likeness (QED) is 0.284. The topological polar surface area (TPSA) is 114 Å². The van der Waals surface area contributed by atoms with Crippen LogP contribution in [-0.2, 0) is 42.9 Å². The lowest BCUT2D eigenvalue weighted by atomic mass is 9.38. The normalized spacial score (nSPS) is 40.9. The van der Waals surface area contributed by atoms with Gasteiger partial charge in [-0.25, -0.2) is 4.79 Å². The van der Waals surface area contributed by atoms with Gasteiger partial charge in [0.1, 0.15) is 18.3 Å². The van der Waals surface area contributed by atoms with E-state index in [2.05, 4.69) is 27.7 Å². The molecule has 9 unspecified atom stereocenters. The van der Waals surface area contributed by atoms with Crippen LogP contribution < -0.4 is 0 Å². The highest BCUT2D eigenvalue weighted by atomic mass is 16.7. The van der Waals surface area contributed by atoms with Crippen LogP contribution in [0, 0.1) is 34.0 Å². The Morgan fingerprint density at radius 3 is 2.33 bits per heavy atom. The molecule has 0 radical (unpaired) electrons. The summed E-state index contributed by atoms with van der Waals surface area (Å²) in [5.41, 5.74) is 0.204. The monoisotopic (exact) mass is 588 g/mol. The van der Waals surface area contributed by atoms with E-state index in [9.17, 15) is 19.2 Å². The van der Waals surface area contributed by atoms with Crippen LogP contribution in [0.3, 0.4) is 0 Å². The first-order chi connectivity index (χ1) is 19.6. The first-order valence-electron chi connectivity index (χ1n) is 15.7. The zero-order chi connectivity index (χ0) is 30.7. The summed E-state index contributed by atoms with van der Waals surface area (Å²) in [6, 6.07) is 0. The summed E-state index contributed by atoms with van der Waals surface area (Å²) in [6.07, 6.45) is 7.37. The van der Waals surface area contributed by atoms with Gasteiger partial charge < -0.3 is 23.7 Å². The van der Waals surface area contributed by atoms with Gasteiger partial charge in [0.15, 0.2) is 0 Å². The Morgan fingerprint density at radius 1 is 0.952 bits per heavy atom. The Hall–Kier alpha value is -2.42. The minimum atomic E-state index is -1.11. The van der Waals surface area contributed by atoms with Crippen LogP contribution >= 0.6 is 0 Å². The molecule has 1 saturated heterocycles. The molecule has 0 aromatic heterocycles. The summed E-state index contributed by atoms with van der Waals surface area (Å²) in [6.45, 7) is 14.1. The molecule has 3 aliphatic carbocycles. The Bertz CT molecular complexity index is 1160. The number of carbonyl (C=O) groups is 4. The van der Waals surface area contributed by atoms with E-state index in [0.29, 0.717) is 29.2 Å². The van der Waals surface area contributed by atoms with Crippen LogP contribution in [0.1, 0.15) is 106 Å². The van der Waals surface area contributed by atoms with Crippen molar-refractivity contribution >= 4 is 23.9 Å². The molecule has 9 atom stereocenters. The number of fused-ring (bicyclic) bond motifs is 5. The van der Waals surface area contributed by atoms with Gasteiger partial charge in [0.2, 0.25) is 0 Å². The molecule has 5 rings (SSSR count). The average Bonchev–Trinajstić information content (AvgIpc) is 3.42. The van der Waals surface area contributed by atoms with E-state index in [4.69, 9.17) is 23.7 Å². The lowest BCUT2D eigenvalue weighted by Crippen LogP contribution is -2.63. The van der Waals surface area contributed by atoms with E-state index < -0.39 is 48.0 Å². The van der Waals surface area contributed by atoms with Crippen molar-refractivity contribution in [3.63, 3.8) is 0 Å². The fourth-order valence-corrected chi connectivity index (χ4v) is 10.2. The third-order valence-electron chi connectivity index (χ3n) is 11.7. The van der Waals surface area contributed by atoms with E-state index in [0.717, 1.165) is 25.7 Å². The summed E-state index contributed by atoms with van der Waals surface area (Å²) >= 11 is 0.